The highest BCUT2D eigenvalue weighted by Gasteiger charge is 2.26. The molecule has 0 aliphatic heterocycles. The Bertz CT molecular complexity index is 594. The maximum Gasteiger partial charge on any atom is 0.303 e. The van der Waals surface area contributed by atoms with Gasteiger partial charge in [0.2, 0.25) is 0 Å². The number of nitrogens with zero attached hydrogens (tertiary/aromatic N) is 1. The lowest BCUT2D eigenvalue weighted by Crippen LogP contribution is -2.51. The number of quaternary nitrogens is 1. The van der Waals surface area contributed by atoms with Crippen LogP contribution in [0.3, 0.4) is 0 Å². The monoisotopic (exact) mass is 554 g/mol. The van der Waals surface area contributed by atoms with Gasteiger partial charge in [0.05, 0.1) is 26.2 Å². The third kappa shape index (κ3) is 26.1. The van der Waals surface area contributed by atoms with Crippen molar-refractivity contribution in [1.82, 2.24) is 0 Å². The number of hydrogen-bond donors (Lipinski definition) is 3. The van der Waals surface area contributed by atoms with Gasteiger partial charge in [-0.15, -0.1) is 0 Å². The van der Waals surface area contributed by atoms with Crippen molar-refractivity contribution in [3.05, 3.63) is 12.2 Å². The molecule has 0 aliphatic rings. The number of carbonyl (C=O) groups is 3. The van der Waals surface area contributed by atoms with Gasteiger partial charge in [-0.25, -0.2) is 0 Å². The Labute approximate surface area is 238 Å². The molecule has 3 N–H and O–H groups in total. The van der Waals surface area contributed by atoms with Crippen LogP contribution in [-0.2, 0) is 14.4 Å². The largest absolute Gasteiger partial charge is 0.481 e. The van der Waals surface area contributed by atoms with E-state index < -0.39 is 17.9 Å². The Morgan fingerprint density at radius 3 is 1.13 bits per heavy atom. The molecule has 39 heavy (non-hydrogen) atoms. The summed E-state index contributed by atoms with van der Waals surface area (Å²) in [6, 6.07) is 0. The Kier molecular flexibility index (Phi) is 25.1. The average molecular weight is 555 g/mol. The molecule has 0 aliphatic carbocycles. The van der Waals surface area contributed by atoms with Crippen molar-refractivity contribution in [2.45, 2.75) is 148 Å². The van der Waals surface area contributed by atoms with Crippen LogP contribution in [0.15, 0.2) is 12.2 Å². The van der Waals surface area contributed by atoms with Crippen molar-refractivity contribution in [2.75, 3.05) is 26.2 Å². The summed E-state index contributed by atoms with van der Waals surface area (Å²) in [7, 11) is 0. The van der Waals surface area contributed by atoms with Gasteiger partial charge in [-0.2, -0.15) is 0 Å². The van der Waals surface area contributed by atoms with Gasteiger partial charge in [0, 0.05) is 19.3 Å². The summed E-state index contributed by atoms with van der Waals surface area (Å²) in [6.45, 7) is 5.92. The number of carboxylic acids is 3. The Morgan fingerprint density at radius 2 is 0.769 bits per heavy atom. The van der Waals surface area contributed by atoms with Crippen molar-refractivity contribution in [3.8, 4) is 0 Å². The minimum atomic E-state index is -0.769. The first-order chi connectivity index (χ1) is 18.8. The quantitative estimate of drug-likeness (QED) is 0.0468. The molecule has 0 saturated heterocycles. The summed E-state index contributed by atoms with van der Waals surface area (Å²) in [4.78, 5) is 32.9. The van der Waals surface area contributed by atoms with Crippen LogP contribution < -0.4 is 0 Å². The molecular weight excluding hydrogens is 494 g/mol. The van der Waals surface area contributed by atoms with E-state index in [2.05, 4.69) is 19.1 Å². The molecule has 0 amide bonds. The van der Waals surface area contributed by atoms with E-state index in [1.54, 1.807) is 0 Å². The summed E-state index contributed by atoms with van der Waals surface area (Å²) < 4.78 is 0.865. The number of rotatable bonds is 30. The normalized spacial score (nSPS) is 11.8. The van der Waals surface area contributed by atoms with E-state index in [9.17, 15) is 14.4 Å². The molecule has 0 unspecified atom stereocenters. The number of aliphatic carboxylic acids is 3. The molecule has 0 atom stereocenters. The van der Waals surface area contributed by atoms with Crippen LogP contribution in [0.2, 0.25) is 0 Å². The van der Waals surface area contributed by atoms with E-state index in [1.165, 1.54) is 77.0 Å². The van der Waals surface area contributed by atoms with E-state index in [1.807, 2.05) is 0 Å². The van der Waals surface area contributed by atoms with E-state index in [0.29, 0.717) is 19.3 Å². The van der Waals surface area contributed by atoms with Crippen LogP contribution >= 0.6 is 0 Å². The lowest BCUT2D eigenvalue weighted by atomic mass is 10.1. The predicted octanol–water partition coefficient (Wildman–Crippen LogP) is 8.22. The van der Waals surface area contributed by atoms with E-state index in [4.69, 9.17) is 15.3 Å². The summed E-state index contributed by atoms with van der Waals surface area (Å²) in [5, 5.41) is 27.1. The number of allylic oxidation sites excluding steroid dienone is 2. The highest BCUT2D eigenvalue weighted by Crippen LogP contribution is 2.19. The molecule has 0 rings (SSSR count). The van der Waals surface area contributed by atoms with Gasteiger partial charge in [0.15, 0.2) is 0 Å². The molecule has 0 bridgehead atoms. The molecule has 0 aromatic carbocycles. The fraction of sp³-hybridized carbons (Fsp3) is 0.844. The third-order valence-electron chi connectivity index (χ3n) is 7.71. The van der Waals surface area contributed by atoms with Gasteiger partial charge in [-0.05, 0) is 77.0 Å². The third-order valence-corrected chi connectivity index (χ3v) is 7.71. The topological polar surface area (TPSA) is 112 Å². The zero-order chi connectivity index (χ0) is 29.0. The Morgan fingerprint density at radius 1 is 0.462 bits per heavy atom. The predicted molar refractivity (Wildman–Crippen MR) is 159 cm³/mol. The fourth-order valence-corrected chi connectivity index (χ4v) is 5.36. The van der Waals surface area contributed by atoms with Crippen molar-refractivity contribution < 1.29 is 34.2 Å². The van der Waals surface area contributed by atoms with Crippen LogP contribution in [0.1, 0.15) is 148 Å². The maximum absolute atomic E-state index is 11.0. The molecule has 0 radical (unpaired) electrons. The zero-order valence-corrected chi connectivity index (χ0v) is 25.1. The van der Waals surface area contributed by atoms with Crippen molar-refractivity contribution in [1.29, 1.82) is 0 Å². The summed E-state index contributed by atoms with van der Waals surface area (Å²) in [5.41, 5.74) is 0. The number of unbranched alkanes of at least 4 members (excludes halogenated alkanes) is 14. The standard InChI is InChI=1S/C32H59NO6/c1-2-3-4-5-6-7-8-9-10-11-12-13-14-15-19-26-33(27-20-16-23-30(34)35,28-21-17-24-31(36)37)29-22-18-25-32(38)39/h7-8H,2-6,9-29H2,1H3,(H2-,34,35,36,37,38,39)/p+1/b8-7+. The van der Waals surface area contributed by atoms with E-state index >= 15 is 0 Å². The van der Waals surface area contributed by atoms with Gasteiger partial charge in [-0.1, -0.05) is 64.0 Å². The van der Waals surface area contributed by atoms with Crippen LogP contribution in [-0.4, -0.2) is 63.9 Å². The SMILES string of the molecule is CCCCCC/C=C/CCCCCCCCC[N+](CCCCC(=O)O)(CCCCC(=O)O)CCCCC(=O)O. The van der Waals surface area contributed by atoms with Gasteiger partial charge in [-0.3, -0.25) is 14.4 Å². The molecule has 7 nitrogen and oxygen atoms in total. The molecule has 0 fully saturated rings. The van der Waals surface area contributed by atoms with Crippen LogP contribution in [0.25, 0.3) is 0 Å². The minimum Gasteiger partial charge on any atom is -0.481 e. The lowest BCUT2D eigenvalue weighted by molar-refractivity contribution is -0.929. The van der Waals surface area contributed by atoms with Gasteiger partial charge in [0.25, 0.3) is 0 Å². The number of hydrogen-bond acceptors (Lipinski definition) is 3. The molecule has 0 heterocycles. The van der Waals surface area contributed by atoms with E-state index in [0.717, 1.165) is 56.3 Å². The maximum atomic E-state index is 11.0. The fourth-order valence-electron chi connectivity index (χ4n) is 5.36. The smallest absolute Gasteiger partial charge is 0.303 e. The minimum absolute atomic E-state index is 0.173. The van der Waals surface area contributed by atoms with Gasteiger partial charge >= 0.3 is 17.9 Å². The zero-order valence-electron chi connectivity index (χ0n) is 25.1. The average Bonchev–Trinajstić information content (AvgIpc) is 2.89. The van der Waals surface area contributed by atoms with Crippen molar-refractivity contribution >= 4 is 17.9 Å². The summed E-state index contributed by atoms with van der Waals surface area (Å²) >= 11 is 0. The van der Waals surface area contributed by atoms with Crippen LogP contribution in [0.5, 0.6) is 0 Å². The molecular formula is C32H60NO6+. The van der Waals surface area contributed by atoms with Crippen LogP contribution in [0.4, 0.5) is 0 Å². The van der Waals surface area contributed by atoms with Crippen molar-refractivity contribution in [3.63, 3.8) is 0 Å². The van der Waals surface area contributed by atoms with Crippen molar-refractivity contribution in [2.24, 2.45) is 0 Å². The van der Waals surface area contributed by atoms with Crippen LogP contribution in [0, 0.1) is 0 Å². The molecule has 7 heteroatoms. The Balaban J connectivity index is 4.51. The van der Waals surface area contributed by atoms with E-state index in [-0.39, 0.29) is 19.3 Å². The first-order valence-corrected chi connectivity index (χ1v) is 16.0. The Hall–Kier alpha value is -1.89. The molecule has 0 aromatic rings. The first-order valence-electron chi connectivity index (χ1n) is 16.0. The second-order valence-electron chi connectivity index (χ2n) is 11.4. The second-order valence-corrected chi connectivity index (χ2v) is 11.4. The molecule has 0 saturated carbocycles. The summed E-state index contributed by atoms with van der Waals surface area (Å²) in [5.74, 6) is -2.31. The van der Waals surface area contributed by atoms with Gasteiger partial charge < -0.3 is 19.8 Å². The molecule has 0 spiro atoms. The number of carboxylic acid groups (broad SMARTS) is 3. The first kappa shape index (κ1) is 37.1. The highest BCUT2D eigenvalue weighted by molar-refractivity contribution is 5.67. The highest BCUT2D eigenvalue weighted by atomic mass is 16.4. The summed E-state index contributed by atoms with van der Waals surface area (Å²) in [6.07, 6.45) is 26.0. The molecule has 0 aromatic heterocycles. The second kappa shape index (κ2) is 26.3. The lowest BCUT2D eigenvalue weighted by Gasteiger charge is -2.39. The molecule has 228 valence electrons. The van der Waals surface area contributed by atoms with Gasteiger partial charge in [0.1, 0.15) is 0 Å².